The van der Waals surface area contributed by atoms with Gasteiger partial charge in [0.25, 0.3) is 0 Å². The standard InChI is InChI=1S/C12H9BrN4O2/c13-8-3-7-5-14-6-15-11(7)9(4-8)17-2-1-10(18)16-12(17)19/h3-6H,1-2H2,(H,16,18,19). The number of benzene rings is 1. The predicted molar refractivity (Wildman–Crippen MR) is 72.7 cm³/mol. The van der Waals surface area contributed by atoms with Crippen LogP contribution in [0.3, 0.4) is 0 Å². The molecule has 0 atom stereocenters. The van der Waals surface area contributed by atoms with E-state index in [1.807, 2.05) is 12.1 Å². The molecule has 0 radical (unpaired) electrons. The molecule has 1 saturated heterocycles. The molecule has 1 fully saturated rings. The van der Waals surface area contributed by atoms with E-state index in [0.29, 0.717) is 17.7 Å². The van der Waals surface area contributed by atoms with Crippen LogP contribution in [0.15, 0.2) is 29.1 Å². The van der Waals surface area contributed by atoms with Gasteiger partial charge in [-0.15, -0.1) is 0 Å². The highest BCUT2D eigenvalue weighted by atomic mass is 79.9. The topological polar surface area (TPSA) is 75.2 Å². The monoisotopic (exact) mass is 320 g/mol. The molecule has 1 aliphatic heterocycles. The van der Waals surface area contributed by atoms with E-state index in [4.69, 9.17) is 0 Å². The minimum atomic E-state index is -0.422. The zero-order valence-electron chi connectivity index (χ0n) is 9.76. The lowest BCUT2D eigenvalue weighted by atomic mass is 10.2. The molecule has 0 aliphatic carbocycles. The predicted octanol–water partition coefficient (Wildman–Crippen LogP) is 1.84. The van der Waals surface area contributed by atoms with Gasteiger partial charge in [-0.1, -0.05) is 15.9 Å². The van der Waals surface area contributed by atoms with Crippen molar-refractivity contribution in [2.75, 3.05) is 11.4 Å². The Kier molecular flexibility index (Phi) is 2.90. The summed E-state index contributed by atoms with van der Waals surface area (Å²) in [7, 11) is 0. The fraction of sp³-hybridized carbons (Fsp3) is 0.167. The number of hydrogen-bond acceptors (Lipinski definition) is 4. The van der Waals surface area contributed by atoms with Gasteiger partial charge in [-0.05, 0) is 12.1 Å². The lowest BCUT2D eigenvalue weighted by Gasteiger charge is -2.27. The first-order valence-electron chi connectivity index (χ1n) is 5.66. The molecule has 1 aromatic carbocycles. The molecule has 2 aromatic rings. The van der Waals surface area contributed by atoms with Crippen LogP contribution < -0.4 is 10.2 Å². The first kappa shape index (κ1) is 12.0. The molecule has 7 heteroatoms. The van der Waals surface area contributed by atoms with E-state index >= 15 is 0 Å². The first-order chi connectivity index (χ1) is 9.15. The number of halogens is 1. The molecule has 2 heterocycles. The Morgan fingerprint density at radius 3 is 2.95 bits per heavy atom. The molecule has 96 valence electrons. The van der Waals surface area contributed by atoms with Crippen LogP contribution in [0.4, 0.5) is 10.5 Å². The van der Waals surface area contributed by atoms with Crippen molar-refractivity contribution in [3.05, 3.63) is 29.1 Å². The SMILES string of the molecule is O=C1CCN(c2cc(Br)cc3cncnc23)C(=O)N1. The van der Waals surface area contributed by atoms with E-state index in [1.165, 1.54) is 11.2 Å². The maximum absolute atomic E-state index is 11.9. The van der Waals surface area contributed by atoms with E-state index in [1.54, 1.807) is 6.20 Å². The number of hydrogen-bond donors (Lipinski definition) is 1. The van der Waals surface area contributed by atoms with Gasteiger partial charge < -0.3 is 0 Å². The number of imide groups is 1. The number of fused-ring (bicyclic) bond motifs is 1. The number of carbonyl (C=O) groups excluding carboxylic acids is 2. The minimum absolute atomic E-state index is 0.254. The van der Waals surface area contributed by atoms with Crippen molar-refractivity contribution in [2.24, 2.45) is 0 Å². The Bertz CT molecular complexity index is 688. The number of nitrogens with one attached hydrogen (secondary N) is 1. The second-order valence-corrected chi connectivity index (χ2v) is 5.06. The molecule has 1 aromatic heterocycles. The third kappa shape index (κ3) is 2.17. The van der Waals surface area contributed by atoms with Crippen LogP contribution in [0.2, 0.25) is 0 Å². The zero-order chi connectivity index (χ0) is 13.4. The van der Waals surface area contributed by atoms with Crippen molar-refractivity contribution in [1.29, 1.82) is 0 Å². The van der Waals surface area contributed by atoms with E-state index in [2.05, 4.69) is 31.2 Å². The van der Waals surface area contributed by atoms with Crippen molar-refractivity contribution in [1.82, 2.24) is 15.3 Å². The zero-order valence-corrected chi connectivity index (χ0v) is 11.3. The molecule has 6 nitrogen and oxygen atoms in total. The van der Waals surface area contributed by atoms with Crippen LogP contribution in [0.5, 0.6) is 0 Å². The van der Waals surface area contributed by atoms with Crippen molar-refractivity contribution in [2.45, 2.75) is 6.42 Å². The number of urea groups is 1. The number of anilines is 1. The highest BCUT2D eigenvalue weighted by Gasteiger charge is 2.26. The summed E-state index contributed by atoms with van der Waals surface area (Å²) >= 11 is 3.40. The summed E-state index contributed by atoms with van der Waals surface area (Å²) in [6, 6.07) is 3.27. The van der Waals surface area contributed by atoms with Gasteiger partial charge in [0.15, 0.2) is 0 Å². The summed E-state index contributed by atoms with van der Waals surface area (Å²) < 4.78 is 0.828. The highest BCUT2D eigenvalue weighted by molar-refractivity contribution is 9.10. The second-order valence-electron chi connectivity index (χ2n) is 4.14. The second kappa shape index (κ2) is 4.58. The summed E-state index contributed by atoms with van der Waals surface area (Å²) in [6.07, 6.45) is 3.40. The van der Waals surface area contributed by atoms with Crippen molar-refractivity contribution in [3.63, 3.8) is 0 Å². The lowest BCUT2D eigenvalue weighted by Crippen LogP contribution is -2.49. The van der Waals surface area contributed by atoms with Gasteiger partial charge in [-0.3, -0.25) is 15.0 Å². The van der Waals surface area contributed by atoms with Crippen molar-refractivity contribution in [3.8, 4) is 0 Å². The molecule has 3 amide bonds. The Morgan fingerprint density at radius 1 is 1.32 bits per heavy atom. The molecular weight excluding hydrogens is 312 g/mol. The van der Waals surface area contributed by atoms with Crippen molar-refractivity contribution >= 4 is 44.5 Å². The Hall–Kier alpha value is -2.02. The average Bonchev–Trinajstić information content (AvgIpc) is 2.38. The van der Waals surface area contributed by atoms with E-state index in [9.17, 15) is 9.59 Å². The third-order valence-electron chi connectivity index (χ3n) is 2.90. The number of nitrogens with zero attached hydrogens (tertiary/aromatic N) is 3. The van der Waals surface area contributed by atoms with Gasteiger partial charge in [0.05, 0.1) is 11.2 Å². The van der Waals surface area contributed by atoms with Crippen LogP contribution in [-0.4, -0.2) is 28.5 Å². The normalized spacial score (nSPS) is 15.7. The van der Waals surface area contributed by atoms with Gasteiger partial charge in [0, 0.05) is 29.0 Å². The number of carbonyl (C=O) groups is 2. The molecule has 3 rings (SSSR count). The van der Waals surface area contributed by atoms with Gasteiger partial charge >= 0.3 is 6.03 Å². The fourth-order valence-corrected chi connectivity index (χ4v) is 2.51. The lowest BCUT2D eigenvalue weighted by molar-refractivity contribution is -0.120. The number of aromatic nitrogens is 2. The van der Waals surface area contributed by atoms with Crippen LogP contribution in [0.1, 0.15) is 6.42 Å². The van der Waals surface area contributed by atoms with Crippen LogP contribution in [0.25, 0.3) is 10.9 Å². The first-order valence-corrected chi connectivity index (χ1v) is 6.45. The molecule has 1 aliphatic rings. The molecule has 19 heavy (non-hydrogen) atoms. The maximum Gasteiger partial charge on any atom is 0.328 e. The highest BCUT2D eigenvalue weighted by Crippen LogP contribution is 2.30. The number of amides is 3. The fourth-order valence-electron chi connectivity index (χ4n) is 2.05. The molecule has 0 bridgehead atoms. The Balaban J connectivity index is 2.14. The molecular formula is C12H9BrN4O2. The minimum Gasteiger partial charge on any atom is -0.291 e. The van der Waals surface area contributed by atoms with E-state index in [0.717, 1.165) is 9.86 Å². The maximum atomic E-state index is 11.9. The number of rotatable bonds is 1. The smallest absolute Gasteiger partial charge is 0.291 e. The largest absolute Gasteiger partial charge is 0.328 e. The summed E-state index contributed by atoms with van der Waals surface area (Å²) in [5.41, 5.74) is 1.35. The molecule has 1 N–H and O–H groups in total. The molecule has 0 saturated carbocycles. The summed E-state index contributed by atoms with van der Waals surface area (Å²) in [6.45, 7) is 0.347. The van der Waals surface area contributed by atoms with Crippen LogP contribution in [-0.2, 0) is 4.79 Å². The Labute approximate surface area is 117 Å². The van der Waals surface area contributed by atoms with Crippen molar-refractivity contribution < 1.29 is 9.59 Å². The molecule has 0 unspecified atom stereocenters. The Morgan fingerprint density at radius 2 is 2.16 bits per heavy atom. The van der Waals surface area contributed by atoms with E-state index in [-0.39, 0.29) is 12.3 Å². The summed E-state index contributed by atoms with van der Waals surface area (Å²) in [5, 5.41) is 3.13. The van der Waals surface area contributed by atoms with Gasteiger partial charge in [0.2, 0.25) is 5.91 Å². The van der Waals surface area contributed by atoms with Crippen LogP contribution >= 0.6 is 15.9 Å². The quantitative estimate of drug-likeness (QED) is 0.870. The van der Waals surface area contributed by atoms with E-state index < -0.39 is 6.03 Å². The summed E-state index contributed by atoms with van der Waals surface area (Å²) in [5.74, 6) is -0.254. The average molecular weight is 321 g/mol. The summed E-state index contributed by atoms with van der Waals surface area (Å²) in [4.78, 5) is 32.8. The van der Waals surface area contributed by atoms with Gasteiger partial charge in [-0.25, -0.2) is 14.8 Å². The third-order valence-corrected chi connectivity index (χ3v) is 3.35. The van der Waals surface area contributed by atoms with Gasteiger partial charge in [0.1, 0.15) is 6.33 Å². The molecule has 0 spiro atoms. The van der Waals surface area contributed by atoms with Crippen LogP contribution in [0, 0.1) is 0 Å². The van der Waals surface area contributed by atoms with Gasteiger partial charge in [-0.2, -0.15) is 0 Å².